The number of nitrogen functional groups attached to an aromatic ring is 1. The van der Waals surface area contributed by atoms with Crippen molar-refractivity contribution in [3.63, 3.8) is 0 Å². The van der Waals surface area contributed by atoms with Gasteiger partial charge < -0.3 is 5.32 Å². The van der Waals surface area contributed by atoms with Gasteiger partial charge in [-0.2, -0.15) is 0 Å². The first-order valence-corrected chi connectivity index (χ1v) is 8.90. The molecular formula is C20H24N4O2. The molecule has 1 aliphatic carbocycles. The molecule has 4 N–H and O–H groups in total. The zero-order chi connectivity index (χ0) is 18.4. The number of amides is 3. The number of hydrazine groups is 1. The van der Waals surface area contributed by atoms with Crippen molar-refractivity contribution >= 4 is 17.6 Å². The van der Waals surface area contributed by atoms with Gasteiger partial charge >= 0.3 is 6.03 Å². The Morgan fingerprint density at radius 1 is 1.00 bits per heavy atom. The first kappa shape index (κ1) is 17.9. The maximum absolute atomic E-state index is 12.9. The number of nitrogens with zero attached hydrogens (tertiary/aromatic N) is 1. The fourth-order valence-corrected chi connectivity index (χ4v) is 3.24. The van der Waals surface area contributed by atoms with Gasteiger partial charge in [0.25, 0.3) is 5.91 Å². The lowest BCUT2D eigenvalue weighted by molar-refractivity contribution is 0.0953. The number of rotatable bonds is 5. The Morgan fingerprint density at radius 2 is 1.65 bits per heavy atom. The van der Waals surface area contributed by atoms with Gasteiger partial charge in [-0.1, -0.05) is 43.2 Å². The summed E-state index contributed by atoms with van der Waals surface area (Å²) >= 11 is 0. The van der Waals surface area contributed by atoms with Gasteiger partial charge in [0.2, 0.25) is 0 Å². The van der Waals surface area contributed by atoms with Crippen molar-refractivity contribution in [2.75, 3.05) is 4.90 Å². The zero-order valence-electron chi connectivity index (χ0n) is 14.7. The number of hydrogen-bond acceptors (Lipinski definition) is 3. The van der Waals surface area contributed by atoms with Crippen molar-refractivity contribution in [3.05, 3.63) is 65.7 Å². The second kappa shape index (κ2) is 8.49. The van der Waals surface area contributed by atoms with E-state index in [9.17, 15) is 9.59 Å². The number of para-hydroxylation sites is 1. The van der Waals surface area contributed by atoms with Crippen LogP contribution in [0.5, 0.6) is 0 Å². The van der Waals surface area contributed by atoms with Crippen molar-refractivity contribution < 1.29 is 9.59 Å². The Kier molecular flexibility index (Phi) is 5.86. The van der Waals surface area contributed by atoms with Crippen LogP contribution >= 0.6 is 0 Å². The predicted octanol–water partition coefficient (Wildman–Crippen LogP) is 2.95. The van der Waals surface area contributed by atoms with Gasteiger partial charge in [-0.25, -0.2) is 10.6 Å². The van der Waals surface area contributed by atoms with E-state index in [4.69, 9.17) is 5.84 Å². The van der Waals surface area contributed by atoms with E-state index < -0.39 is 0 Å². The topological polar surface area (TPSA) is 87.5 Å². The van der Waals surface area contributed by atoms with Crippen molar-refractivity contribution in [2.45, 2.75) is 38.3 Å². The number of carbonyl (C=O) groups excluding carboxylic acids is 2. The average molecular weight is 352 g/mol. The van der Waals surface area contributed by atoms with E-state index in [0.29, 0.717) is 12.1 Å². The third-order valence-corrected chi connectivity index (χ3v) is 4.68. The third-order valence-electron chi connectivity index (χ3n) is 4.68. The molecule has 3 amide bonds. The molecule has 1 saturated carbocycles. The van der Waals surface area contributed by atoms with Gasteiger partial charge in [-0.3, -0.25) is 15.1 Å². The van der Waals surface area contributed by atoms with Gasteiger partial charge in [0.05, 0.1) is 6.54 Å². The average Bonchev–Trinajstić information content (AvgIpc) is 3.19. The Bertz CT molecular complexity index is 740. The Balaban J connectivity index is 1.77. The molecule has 26 heavy (non-hydrogen) atoms. The van der Waals surface area contributed by atoms with E-state index in [-0.39, 0.29) is 18.0 Å². The van der Waals surface area contributed by atoms with Gasteiger partial charge in [0.15, 0.2) is 0 Å². The molecular weight excluding hydrogens is 328 g/mol. The molecule has 0 saturated heterocycles. The molecule has 1 aliphatic rings. The molecule has 0 radical (unpaired) electrons. The molecule has 0 heterocycles. The molecule has 2 aromatic carbocycles. The van der Waals surface area contributed by atoms with E-state index in [1.807, 2.05) is 42.5 Å². The lowest BCUT2D eigenvalue weighted by Gasteiger charge is -2.25. The Morgan fingerprint density at radius 3 is 2.27 bits per heavy atom. The number of anilines is 1. The maximum atomic E-state index is 12.9. The normalized spacial score (nSPS) is 14.0. The summed E-state index contributed by atoms with van der Waals surface area (Å²) < 4.78 is 0. The largest absolute Gasteiger partial charge is 0.335 e. The highest BCUT2D eigenvalue weighted by atomic mass is 16.2. The van der Waals surface area contributed by atoms with Crippen molar-refractivity contribution in [1.82, 2.24) is 10.7 Å². The summed E-state index contributed by atoms with van der Waals surface area (Å²) in [6, 6.07) is 16.8. The fraction of sp³-hybridized carbons (Fsp3) is 0.300. The number of hydrogen-bond donors (Lipinski definition) is 3. The summed E-state index contributed by atoms with van der Waals surface area (Å²) in [5.41, 5.74) is 4.37. The Labute approximate surface area is 153 Å². The molecule has 6 heteroatoms. The summed E-state index contributed by atoms with van der Waals surface area (Å²) in [5, 5.41) is 3.14. The van der Waals surface area contributed by atoms with Crippen LogP contribution in [0.15, 0.2) is 54.6 Å². The van der Waals surface area contributed by atoms with Gasteiger partial charge in [0.1, 0.15) is 0 Å². The molecule has 6 nitrogen and oxygen atoms in total. The summed E-state index contributed by atoms with van der Waals surface area (Å²) in [7, 11) is 0. The minimum Gasteiger partial charge on any atom is -0.335 e. The summed E-state index contributed by atoms with van der Waals surface area (Å²) in [6.07, 6.45) is 4.41. The Hall–Kier alpha value is -2.86. The van der Waals surface area contributed by atoms with Gasteiger partial charge in [0, 0.05) is 17.3 Å². The SMILES string of the molecule is NNC(=O)c1ccc(CN(C(=O)NC2CCCC2)c2ccccc2)cc1. The van der Waals surface area contributed by atoms with Crippen LogP contribution in [0.3, 0.4) is 0 Å². The van der Waals surface area contributed by atoms with Crippen LogP contribution in [0.4, 0.5) is 10.5 Å². The highest BCUT2D eigenvalue weighted by Gasteiger charge is 2.22. The number of nitrogens with two attached hydrogens (primary N) is 1. The smallest absolute Gasteiger partial charge is 0.322 e. The fourth-order valence-electron chi connectivity index (χ4n) is 3.24. The first-order chi connectivity index (χ1) is 12.7. The van der Waals surface area contributed by atoms with Crippen LogP contribution < -0.4 is 21.5 Å². The van der Waals surface area contributed by atoms with Crippen LogP contribution in [0, 0.1) is 0 Å². The quantitative estimate of drug-likeness (QED) is 0.439. The van der Waals surface area contributed by atoms with Crippen LogP contribution in [-0.4, -0.2) is 18.0 Å². The number of nitrogens with one attached hydrogen (secondary N) is 2. The van der Waals surface area contributed by atoms with Crippen molar-refractivity contribution in [3.8, 4) is 0 Å². The van der Waals surface area contributed by atoms with E-state index >= 15 is 0 Å². The van der Waals surface area contributed by atoms with E-state index in [1.54, 1.807) is 17.0 Å². The number of carbonyl (C=O) groups is 2. The molecule has 2 aromatic rings. The second-order valence-electron chi connectivity index (χ2n) is 6.52. The minimum atomic E-state index is -0.338. The molecule has 0 spiro atoms. The molecule has 0 bridgehead atoms. The van der Waals surface area contributed by atoms with E-state index in [1.165, 1.54) is 12.8 Å². The lowest BCUT2D eigenvalue weighted by atomic mass is 10.1. The van der Waals surface area contributed by atoms with Crippen LogP contribution in [0.1, 0.15) is 41.6 Å². The van der Waals surface area contributed by atoms with Crippen LogP contribution in [0.25, 0.3) is 0 Å². The standard InChI is InChI=1S/C20H24N4O2/c21-23-19(25)16-12-10-15(11-13-16)14-24(18-8-2-1-3-9-18)20(26)22-17-6-4-5-7-17/h1-3,8-13,17H,4-7,14,21H2,(H,22,26)(H,23,25). The molecule has 0 atom stereocenters. The van der Waals surface area contributed by atoms with Crippen LogP contribution in [-0.2, 0) is 6.54 Å². The van der Waals surface area contributed by atoms with Crippen LogP contribution in [0.2, 0.25) is 0 Å². The maximum Gasteiger partial charge on any atom is 0.322 e. The highest BCUT2D eigenvalue weighted by molar-refractivity contribution is 5.94. The van der Waals surface area contributed by atoms with Gasteiger partial charge in [-0.15, -0.1) is 0 Å². The molecule has 0 aliphatic heterocycles. The summed E-state index contributed by atoms with van der Waals surface area (Å²) in [4.78, 5) is 26.2. The third kappa shape index (κ3) is 4.40. The highest BCUT2D eigenvalue weighted by Crippen LogP contribution is 2.21. The van der Waals surface area contributed by atoms with Crippen molar-refractivity contribution in [1.29, 1.82) is 0 Å². The second-order valence-corrected chi connectivity index (χ2v) is 6.52. The number of urea groups is 1. The van der Waals surface area contributed by atoms with Gasteiger partial charge in [-0.05, 0) is 42.7 Å². The molecule has 3 rings (SSSR count). The monoisotopic (exact) mass is 352 g/mol. The minimum absolute atomic E-state index is 0.0909. The molecule has 136 valence electrons. The first-order valence-electron chi connectivity index (χ1n) is 8.90. The number of benzene rings is 2. The lowest BCUT2D eigenvalue weighted by Crippen LogP contribution is -2.43. The van der Waals surface area contributed by atoms with E-state index in [0.717, 1.165) is 24.1 Å². The summed E-state index contributed by atoms with van der Waals surface area (Å²) in [5.74, 6) is 4.82. The molecule has 0 unspecified atom stereocenters. The van der Waals surface area contributed by atoms with E-state index in [2.05, 4.69) is 10.7 Å². The van der Waals surface area contributed by atoms with Crippen molar-refractivity contribution in [2.24, 2.45) is 5.84 Å². The summed E-state index contributed by atoms with van der Waals surface area (Å²) in [6.45, 7) is 0.424. The zero-order valence-corrected chi connectivity index (χ0v) is 14.7. The molecule has 0 aromatic heterocycles. The molecule has 1 fully saturated rings. The predicted molar refractivity (Wildman–Crippen MR) is 102 cm³/mol.